The van der Waals surface area contributed by atoms with Gasteiger partial charge in [0.15, 0.2) is 0 Å². The molecule has 158 valence electrons. The van der Waals surface area contributed by atoms with Crippen LogP contribution in [0.2, 0.25) is 0 Å². The van der Waals surface area contributed by atoms with Crippen LogP contribution >= 0.6 is 0 Å². The highest BCUT2D eigenvalue weighted by atomic mass is 16.2. The van der Waals surface area contributed by atoms with Crippen molar-refractivity contribution in [1.82, 2.24) is 14.8 Å². The van der Waals surface area contributed by atoms with Crippen molar-refractivity contribution in [3.05, 3.63) is 54.4 Å². The number of hydrogen-bond acceptors (Lipinski definition) is 3. The number of pyridine rings is 1. The number of rotatable bonds is 5. The van der Waals surface area contributed by atoms with Gasteiger partial charge in [-0.15, -0.1) is 0 Å². The van der Waals surface area contributed by atoms with E-state index < -0.39 is 5.41 Å². The van der Waals surface area contributed by atoms with Gasteiger partial charge in [-0.25, -0.2) is 0 Å². The smallest absolute Gasteiger partial charge is 0.228 e. The molecule has 5 nitrogen and oxygen atoms in total. The topological polar surface area (TPSA) is 53.5 Å². The van der Waals surface area contributed by atoms with Gasteiger partial charge in [0.05, 0.1) is 5.41 Å². The third kappa shape index (κ3) is 4.11. The van der Waals surface area contributed by atoms with E-state index in [0.29, 0.717) is 25.4 Å². The van der Waals surface area contributed by atoms with E-state index in [2.05, 4.69) is 29.2 Å². The first-order chi connectivity index (χ1) is 14.5. The second kappa shape index (κ2) is 8.58. The molecule has 0 unspecified atom stereocenters. The SMILES string of the molecule is CN(C)C(=O)C1(Cc2cccc(-c3ccncc3)c2)CCN(C(=O)C2CCC2)CC1. The molecular formula is C25H31N3O2. The van der Waals surface area contributed by atoms with Crippen molar-refractivity contribution in [3.8, 4) is 11.1 Å². The van der Waals surface area contributed by atoms with Crippen LogP contribution in [0.15, 0.2) is 48.8 Å². The van der Waals surface area contributed by atoms with E-state index in [1.807, 2.05) is 31.1 Å². The second-order valence-corrected chi connectivity index (χ2v) is 9.05. The van der Waals surface area contributed by atoms with Crippen molar-refractivity contribution in [1.29, 1.82) is 0 Å². The fourth-order valence-corrected chi connectivity index (χ4v) is 4.81. The van der Waals surface area contributed by atoms with Crippen molar-refractivity contribution >= 4 is 11.8 Å². The number of benzene rings is 1. The van der Waals surface area contributed by atoms with E-state index in [4.69, 9.17) is 0 Å². The molecule has 0 bridgehead atoms. The molecule has 1 aromatic carbocycles. The summed E-state index contributed by atoms with van der Waals surface area (Å²) in [5.74, 6) is 0.693. The zero-order chi connectivity index (χ0) is 21.1. The Labute approximate surface area is 179 Å². The highest BCUT2D eigenvalue weighted by molar-refractivity contribution is 5.84. The summed E-state index contributed by atoms with van der Waals surface area (Å²) in [6, 6.07) is 12.5. The third-order valence-electron chi connectivity index (χ3n) is 6.83. The fourth-order valence-electron chi connectivity index (χ4n) is 4.81. The van der Waals surface area contributed by atoms with Gasteiger partial charge in [-0.1, -0.05) is 30.7 Å². The van der Waals surface area contributed by atoms with Crippen LogP contribution < -0.4 is 0 Å². The zero-order valence-electron chi connectivity index (χ0n) is 18.0. The molecule has 1 aliphatic heterocycles. The molecule has 0 radical (unpaired) electrons. The van der Waals surface area contributed by atoms with Crippen LogP contribution in [-0.2, 0) is 16.0 Å². The number of carbonyl (C=O) groups excluding carboxylic acids is 2. The van der Waals surface area contributed by atoms with Crippen LogP contribution in [0.5, 0.6) is 0 Å². The predicted molar refractivity (Wildman–Crippen MR) is 118 cm³/mol. The Hall–Kier alpha value is -2.69. The van der Waals surface area contributed by atoms with Gasteiger partial charge in [0.2, 0.25) is 11.8 Å². The van der Waals surface area contributed by atoms with Crippen molar-refractivity contribution in [3.63, 3.8) is 0 Å². The van der Waals surface area contributed by atoms with Crippen molar-refractivity contribution in [2.45, 2.75) is 38.5 Å². The van der Waals surface area contributed by atoms with Crippen LogP contribution in [0, 0.1) is 11.3 Å². The summed E-state index contributed by atoms with van der Waals surface area (Å²) >= 11 is 0. The zero-order valence-corrected chi connectivity index (χ0v) is 18.0. The molecule has 1 aromatic heterocycles. The van der Waals surface area contributed by atoms with Gasteiger partial charge in [0.25, 0.3) is 0 Å². The second-order valence-electron chi connectivity index (χ2n) is 9.05. The van der Waals surface area contributed by atoms with E-state index in [9.17, 15) is 9.59 Å². The fraction of sp³-hybridized carbons (Fsp3) is 0.480. The number of hydrogen-bond donors (Lipinski definition) is 0. The van der Waals surface area contributed by atoms with Gasteiger partial charge in [0, 0.05) is 45.5 Å². The van der Waals surface area contributed by atoms with E-state index in [0.717, 1.165) is 36.8 Å². The Morgan fingerprint density at radius 1 is 1.07 bits per heavy atom. The molecule has 30 heavy (non-hydrogen) atoms. The molecule has 1 saturated carbocycles. The number of carbonyl (C=O) groups is 2. The lowest BCUT2D eigenvalue weighted by atomic mass is 9.72. The minimum absolute atomic E-state index is 0.174. The molecule has 2 heterocycles. The summed E-state index contributed by atoms with van der Waals surface area (Å²) in [6.45, 7) is 1.36. The lowest BCUT2D eigenvalue weighted by Gasteiger charge is -2.43. The standard InChI is InChI=1S/C25H31N3O2/c1-27(2)24(30)25(11-15-28(16-12-25)23(29)21-6-4-7-21)18-19-5-3-8-22(17-19)20-9-13-26-14-10-20/h3,5,8-10,13-14,17,21H,4,6-7,11-12,15-16,18H2,1-2H3. The molecule has 2 aromatic rings. The van der Waals surface area contributed by atoms with Gasteiger partial charge in [-0.05, 0) is 60.9 Å². The normalized spacial score (nSPS) is 18.5. The highest BCUT2D eigenvalue weighted by Crippen LogP contribution is 2.39. The van der Waals surface area contributed by atoms with Crippen LogP contribution in [0.1, 0.15) is 37.7 Å². The van der Waals surface area contributed by atoms with Crippen LogP contribution in [0.25, 0.3) is 11.1 Å². The summed E-state index contributed by atoms with van der Waals surface area (Å²) in [4.78, 5) is 33.8. The first-order valence-corrected chi connectivity index (χ1v) is 11.0. The number of likely N-dealkylation sites (tertiary alicyclic amines) is 1. The maximum atomic E-state index is 13.3. The van der Waals surface area contributed by atoms with E-state index in [1.165, 1.54) is 12.0 Å². The molecule has 0 atom stereocenters. The quantitative estimate of drug-likeness (QED) is 0.761. The summed E-state index contributed by atoms with van der Waals surface area (Å²) in [6.07, 6.45) is 8.97. The largest absolute Gasteiger partial charge is 0.348 e. The maximum Gasteiger partial charge on any atom is 0.228 e. The number of piperidine rings is 1. The van der Waals surface area contributed by atoms with Crippen molar-refractivity contribution in [2.75, 3.05) is 27.2 Å². The Balaban J connectivity index is 1.54. The minimum atomic E-state index is -0.448. The molecular weight excluding hydrogens is 374 g/mol. The Morgan fingerprint density at radius 3 is 2.37 bits per heavy atom. The van der Waals surface area contributed by atoms with Gasteiger partial charge in [-0.3, -0.25) is 14.6 Å². The Morgan fingerprint density at radius 2 is 1.77 bits per heavy atom. The van der Waals surface area contributed by atoms with E-state index in [-0.39, 0.29) is 11.8 Å². The minimum Gasteiger partial charge on any atom is -0.348 e. The molecule has 1 aliphatic carbocycles. The third-order valence-corrected chi connectivity index (χ3v) is 6.83. The number of nitrogens with zero attached hydrogens (tertiary/aromatic N) is 3. The highest BCUT2D eigenvalue weighted by Gasteiger charge is 2.44. The van der Waals surface area contributed by atoms with E-state index >= 15 is 0 Å². The average molecular weight is 406 g/mol. The number of aromatic nitrogens is 1. The molecule has 4 rings (SSSR count). The molecule has 0 spiro atoms. The Bertz CT molecular complexity index is 898. The first-order valence-electron chi connectivity index (χ1n) is 11.0. The van der Waals surface area contributed by atoms with Crippen LogP contribution in [0.4, 0.5) is 0 Å². The molecule has 2 amide bonds. The van der Waals surface area contributed by atoms with Gasteiger partial charge in [0.1, 0.15) is 0 Å². The summed E-state index contributed by atoms with van der Waals surface area (Å²) < 4.78 is 0. The van der Waals surface area contributed by atoms with E-state index in [1.54, 1.807) is 17.3 Å². The summed E-state index contributed by atoms with van der Waals surface area (Å²) in [7, 11) is 3.67. The van der Waals surface area contributed by atoms with Gasteiger partial charge in [-0.2, -0.15) is 0 Å². The molecule has 0 N–H and O–H groups in total. The average Bonchev–Trinajstić information content (AvgIpc) is 2.73. The van der Waals surface area contributed by atoms with Gasteiger partial charge < -0.3 is 9.80 Å². The predicted octanol–water partition coefficient (Wildman–Crippen LogP) is 3.79. The molecule has 1 saturated heterocycles. The van der Waals surface area contributed by atoms with Crippen molar-refractivity contribution < 1.29 is 9.59 Å². The molecule has 2 fully saturated rings. The van der Waals surface area contributed by atoms with Gasteiger partial charge >= 0.3 is 0 Å². The Kier molecular flexibility index (Phi) is 5.89. The summed E-state index contributed by atoms with van der Waals surface area (Å²) in [5, 5.41) is 0. The summed E-state index contributed by atoms with van der Waals surface area (Å²) in [5.41, 5.74) is 2.98. The van der Waals surface area contributed by atoms with Crippen LogP contribution in [0.3, 0.4) is 0 Å². The lowest BCUT2D eigenvalue weighted by molar-refractivity contribution is -0.148. The van der Waals surface area contributed by atoms with Crippen molar-refractivity contribution in [2.24, 2.45) is 11.3 Å². The van der Waals surface area contributed by atoms with Crippen LogP contribution in [-0.4, -0.2) is 53.8 Å². The molecule has 5 heteroatoms. The maximum absolute atomic E-state index is 13.3. The first kappa shape index (κ1) is 20.6. The number of amides is 2. The molecule has 2 aliphatic rings. The lowest BCUT2D eigenvalue weighted by Crippen LogP contribution is -2.52. The monoisotopic (exact) mass is 405 g/mol.